The highest BCUT2D eigenvalue weighted by Crippen LogP contribution is 2.38. The molecule has 0 aliphatic heterocycles. The zero-order chi connectivity index (χ0) is 27.3. The molecule has 0 radical (unpaired) electrons. The fourth-order valence-corrected chi connectivity index (χ4v) is 4.99. The van der Waals surface area contributed by atoms with E-state index in [2.05, 4.69) is 20.2 Å². The molecule has 0 fully saturated rings. The maximum atomic E-state index is 13.9. The van der Waals surface area contributed by atoms with Crippen LogP contribution in [0.1, 0.15) is 46.4 Å². The van der Waals surface area contributed by atoms with Gasteiger partial charge in [-0.25, -0.2) is 4.98 Å². The van der Waals surface area contributed by atoms with Crippen molar-refractivity contribution in [2.75, 3.05) is 18.6 Å². The third kappa shape index (κ3) is 6.31. The van der Waals surface area contributed by atoms with Crippen molar-refractivity contribution in [3.05, 3.63) is 94.8 Å². The van der Waals surface area contributed by atoms with Gasteiger partial charge in [0.05, 0.1) is 13.2 Å². The molecule has 1 N–H and O–H groups in total. The summed E-state index contributed by atoms with van der Waals surface area (Å²) in [6, 6.07) is 17.5. The van der Waals surface area contributed by atoms with Crippen LogP contribution in [-0.4, -0.2) is 29.5 Å². The molecule has 0 aliphatic rings. The molecule has 1 atom stereocenters. The summed E-state index contributed by atoms with van der Waals surface area (Å²) >= 11 is 0.732. The molecule has 1 amide bonds. The van der Waals surface area contributed by atoms with Gasteiger partial charge in [-0.3, -0.25) is 9.78 Å². The van der Waals surface area contributed by atoms with E-state index in [4.69, 9.17) is 4.74 Å². The first kappa shape index (κ1) is 27.1. The van der Waals surface area contributed by atoms with Crippen LogP contribution in [0.15, 0.2) is 73.1 Å². The summed E-state index contributed by atoms with van der Waals surface area (Å²) in [7, 11) is 1.52. The van der Waals surface area contributed by atoms with Gasteiger partial charge in [0.25, 0.3) is 5.91 Å². The van der Waals surface area contributed by atoms with E-state index < -0.39 is 28.7 Å². The molecule has 0 spiro atoms. The van der Waals surface area contributed by atoms with Gasteiger partial charge >= 0.3 is 6.18 Å². The maximum absolute atomic E-state index is 13.9. The third-order valence-corrected chi connectivity index (χ3v) is 7.10. The van der Waals surface area contributed by atoms with E-state index in [-0.39, 0.29) is 5.01 Å². The zero-order valence-electron chi connectivity index (χ0n) is 21.1. The van der Waals surface area contributed by atoms with Crippen molar-refractivity contribution in [2.24, 2.45) is 0 Å². The Bertz CT molecular complexity index is 1390. The van der Waals surface area contributed by atoms with Gasteiger partial charge in [0, 0.05) is 36.7 Å². The summed E-state index contributed by atoms with van der Waals surface area (Å²) in [5.74, 6) is -0.243. The summed E-state index contributed by atoms with van der Waals surface area (Å²) in [6.45, 7) is 5.02. The first-order valence-corrected chi connectivity index (χ1v) is 12.8. The zero-order valence-corrected chi connectivity index (χ0v) is 21.9. The van der Waals surface area contributed by atoms with Crippen LogP contribution >= 0.6 is 11.3 Å². The molecule has 2 aromatic carbocycles. The molecular weight excluding hydrogens is 513 g/mol. The van der Waals surface area contributed by atoms with Crippen LogP contribution in [0.4, 0.5) is 18.9 Å². The highest BCUT2D eigenvalue weighted by molar-refractivity contribution is 7.17. The van der Waals surface area contributed by atoms with Crippen LogP contribution in [0.3, 0.4) is 0 Å². The summed E-state index contributed by atoms with van der Waals surface area (Å²) in [5.41, 5.74) is 1.93. The molecule has 38 heavy (non-hydrogen) atoms. The fraction of sp³-hybridized carbons (Fsp3) is 0.250. The number of nitrogens with one attached hydrogen (secondary N) is 1. The predicted molar refractivity (Wildman–Crippen MR) is 142 cm³/mol. The number of amides is 1. The van der Waals surface area contributed by atoms with E-state index in [1.54, 1.807) is 55.7 Å². The molecule has 6 nitrogen and oxygen atoms in total. The van der Waals surface area contributed by atoms with Crippen LogP contribution in [0.2, 0.25) is 0 Å². The summed E-state index contributed by atoms with van der Waals surface area (Å²) in [5, 5.41) is 2.80. The number of benzene rings is 2. The average molecular weight is 541 g/mol. The van der Waals surface area contributed by atoms with Crippen LogP contribution < -0.4 is 15.0 Å². The molecule has 4 aromatic rings. The number of hydrogen-bond donors (Lipinski definition) is 1. The normalized spacial score (nSPS) is 12.2. The van der Waals surface area contributed by atoms with Gasteiger partial charge in [0.15, 0.2) is 5.69 Å². The van der Waals surface area contributed by atoms with Crippen molar-refractivity contribution in [3.63, 3.8) is 0 Å². The van der Waals surface area contributed by atoms with Gasteiger partial charge < -0.3 is 15.0 Å². The smallest absolute Gasteiger partial charge is 0.435 e. The molecule has 2 aromatic heterocycles. The molecule has 2 heterocycles. The maximum Gasteiger partial charge on any atom is 0.435 e. The van der Waals surface area contributed by atoms with Gasteiger partial charge in [-0.15, -0.1) is 11.3 Å². The van der Waals surface area contributed by atoms with Crippen molar-refractivity contribution >= 4 is 22.9 Å². The average Bonchev–Trinajstić information content (AvgIpc) is 3.39. The highest BCUT2D eigenvalue weighted by atomic mass is 32.1. The molecule has 0 unspecified atom stereocenters. The number of hydrogen-bond acceptors (Lipinski definition) is 6. The van der Waals surface area contributed by atoms with Gasteiger partial charge in [0.1, 0.15) is 15.6 Å². The van der Waals surface area contributed by atoms with Gasteiger partial charge in [0.2, 0.25) is 0 Å². The summed E-state index contributed by atoms with van der Waals surface area (Å²) in [6.07, 6.45) is -1.35. The van der Waals surface area contributed by atoms with Crippen molar-refractivity contribution in [3.8, 4) is 16.3 Å². The number of aromatic nitrogens is 2. The van der Waals surface area contributed by atoms with Gasteiger partial charge in [-0.2, -0.15) is 13.2 Å². The Balaban J connectivity index is 1.60. The van der Waals surface area contributed by atoms with E-state index in [0.29, 0.717) is 23.4 Å². The van der Waals surface area contributed by atoms with Crippen molar-refractivity contribution in [2.45, 2.75) is 32.6 Å². The lowest BCUT2D eigenvalue weighted by Gasteiger charge is -2.23. The van der Waals surface area contributed by atoms with Crippen LogP contribution in [0, 0.1) is 0 Å². The highest BCUT2D eigenvalue weighted by Gasteiger charge is 2.40. The lowest BCUT2D eigenvalue weighted by Crippen LogP contribution is -2.28. The van der Waals surface area contributed by atoms with E-state index >= 15 is 0 Å². The van der Waals surface area contributed by atoms with Crippen molar-refractivity contribution in [1.29, 1.82) is 0 Å². The second-order valence-electron chi connectivity index (χ2n) is 8.59. The number of methoxy groups -OCH3 is 1. The number of ether oxygens (including phenoxy) is 1. The Morgan fingerprint density at radius 2 is 1.84 bits per heavy atom. The largest absolute Gasteiger partial charge is 0.497 e. The standard InChI is InChI=1S/C28H27F3N4O2S/c1-4-35(22-11-13-32-14-12-22)17-19-7-5-9-21(15-19)27-34-25(28(29,30)31)24(38-27)26(36)33-18(2)20-8-6-10-23(16-20)37-3/h5-16,18H,4,17H2,1-3H3,(H,33,36)/t18-/m0/s1. The number of halogens is 3. The molecule has 0 saturated heterocycles. The molecule has 0 saturated carbocycles. The van der Waals surface area contributed by atoms with Crippen molar-refractivity contribution < 1.29 is 22.7 Å². The summed E-state index contributed by atoms with van der Waals surface area (Å²) < 4.78 is 47.0. The second kappa shape index (κ2) is 11.6. The Hall–Kier alpha value is -3.92. The van der Waals surface area contributed by atoms with Gasteiger partial charge in [-0.05, 0) is 55.3 Å². The molecule has 10 heteroatoms. The van der Waals surface area contributed by atoms with E-state index in [1.165, 1.54) is 7.11 Å². The predicted octanol–water partition coefficient (Wildman–Crippen LogP) is 6.75. The number of pyridine rings is 1. The van der Waals surface area contributed by atoms with Crippen LogP contribution in [0.5, 0.6) is 5.75 Å². The van der Waals surface area contributed by atoms with E-state index in [0.717, 1.165) is 29.1 Å². The third-order valence-electron chi connectivity index (χ3n) is 6.00. The van der Waals surface area contributed by atoms with E-state index in [1.807, 2.05) is 31.2 Å². The topological polar surface area (TPSA) is 67.4 Å². The van der Waals surface area contributed by atoms with Crippen LogP contribution in [0.25, 0.3) is 10.6 Å². The Labute approximate surface area is 223 Å². The minimum absolute atomic E-state index is 0.130. The van der Waals surface area contributed by atoms with E-state index in [9.17, 15) is 18.0 Å². The number of rotatable bonds is 9. The fourth-order valence-electron chi connectivity index (χ4n) is 4.01. The second-order valence-corrected chi connectivity index (χ2v) is 9.59. The minimum Gasteiger partial charge on any atom is -0.497 e. The minimum atomic E-state index is -4.78. The quantitative estimate of drug-likeness (QED) is 0.254. The summed E-state index contributed by atoms with van der Waals surface area (Å²) in [4.78, 5) is 22.6. The molecule has 0 bridgehead atoms. The molecule has 0 aliphatic carbocycles. The van der Waals surface area contributed by atoms with Crippen LogP contribution in [-0.2, 0) is 12.7 Å². The monoisotopic (exact) mass is 540 g/mol. The first-order valence-electron chi connectivity index (χ1n) is 12.0. The molecule has 4 rings (SSSR count). The number of alkyl halides is 3. The Kier molecular flexibility index (Phi) is 8.31. The SMILES string of the molecule is CCN(Cc1cccc(-c2nc(C(F)(F)F)c(C(=O)N[C@@H](C)c3cccc(OC)c3)s2)c1)c1ccncc1. The first-order chi connectivity index (χ1) is 18.2. The lowest BCUT2D eigenvalue weighted by molar-refractivity contribution is -0.141. The Morgan fingerprint density at radius 3 is 2.53 bits per heavy atom. The Morgan fingerprint density at radius 1 is 1.11 bits per heavy atom. The molecular formula is C28H27F3N4O2S. The number of thiazole rings is 1. The number of carbonyl (C=O) groups excluding carboxylic acids is 1. The van der Waals surface area contributed by atoms with Crippen molar-refractivity contribution in [1.82, 2.24) is 15.3 Å². The number of nitrogens with zero attached hydrogens (tertiary/aromatic N) is 3. The molecule has 198 valence electrons. The number of anilines is 1. The van der Waals surface area contributed by atoms with Gasteiger partial charge in [-0.1, -0.05) is 30.3 Å². The number of carbonyl (C=O) groups is 1. The lowest BCUT2D eigenvalue weighted by atomic mass is 10.1.